The Morgan fingerprint density at radius 2 is 2.00 bits per heavy atom. The van der Waals surface area contributed by atoms with Crippen molar-refractivity contribution in [3.05, 3.63) is 46.8 Å². The third kappa shape index (κ3) is 3.49. The summed E-state index contributed by atoms with van der Waals surface area (Å²) in [4.78, 5) is 11.2. The van der Waals surface area contributed by atoms with Crippen LogP contribution in [0.1, 0.15) is 5.56 Å². The molecule has 1 aliphatic heterocycles. The number of halogens is 2. The summed E-state index contributed by atoms with van der Waals surface area (Å²) in [5.41, 5.74) is 4.03. The van der Waals surface area contributed by atoms with Crippen LogP contribution in [0.3, 0.4) is 0 Å². The van der Waals surface area contributed by atoms with Crippen LogP contribution in [0.15, 0.2) is 34.7 Å². The fourth-order valence-corrected chi connectivity index (χ4v) is 3.49. The van der Waals surface area contributed by atoms with Gasteiger partial charge in [0.1, 0.15) is 0 Å². The van der Waals surface area contributed by atoms with Crippen molar-refractivity contribution in [2.45, 2.75) is 0 Å². The average molecular weight is 375 g/mol. The molecule has 2 aromatic heterocycles. The highest BCUT2D eigenvalue weighted by Crippen LogP contribution is 2.30. The molecule has 1 aromatic carbocycles. The summed E-state index contributed by atoms with van der Waals surface area (Å²) in [5.74, 6) is -0.619. The van der Waals surface area contributed by atoms with Gasteiger partial charge in [-0.15, -0.1) is 11.3 Å². The van der Waals surface area contributed by atoms with Gasteiger partial charge in [-0.25, -0.2) is 19.2 Å². The Kier molecular flexibility index (Phi) is 4.72. The molecular formula is C17H15F2N5OS. The number of morpholine rings is 1. The van der Waals surface area contributed by atoms with E-state index >= 15 is 0 Å². The first-order valence-electron chi connectivity index (χ1n) is 8.03. The number of anilines is 2. The van der Waals surface area contributed by atoms with Gasteiger partial charge in [0.25, 0.3) is 0 Å². The van der Waals surface area contributed by atoms with E-state index < -0.39 is 11.6 Å². The summed E-state index contributed by atoms with van der Waals surface area (Å²) in [6.07, 6.45) is 1.39. The summed E-state index contributed by atoms with van der Waals surface area (Å²) < 4.78 is 32.6. The maximum atomic E-state index is 13.2. The first-order valence-corrected chi connectivity index (χ1v) is 8.91. The van der Waals surface area contributed by atoms with E-state index in [0.29, 0.717) is 24.7 Å². The van der Waals surface area contributed by atoms with Gasteiger partial charge in [0.2, 0.25) is 5.95 Å². The van der Waals surface area contributed by atoms with Crippen LogP contribution in [0.5, 0.6) is 0 Å². The molecule has 0 atom stereocenters. The van der Waals surface area contributed by atoms with Crippen molar-refractivity contribution < 1.29 is 13.5 Å². The second-order valence-electron chi connectivity index (χ2n) is 5.65. The zero-order chi connectivity index (χ0) is 17.9. The number of rotatable bonds is 4. The Hall–Kier alpha value is -2.65. The maximum Gasteiger partial charge on any atom is 0.246 e. The monoisotopic (exact) mass is 375 g/mol. The first-order chi connectivity index (χ1) is 12.7. The fourth-order valence-electron chi connectivity index (χ4n) is 2.64. The molecule has 0 amide bonds. The number of nitrogens with one attached hydrogen (secondary N) is 1. The zero-order valence-electron chi connectivity index (χ0n) is 13.7. The lowest BCUT2D eigenvalue weighted by molar-refractivity contribution is 0.122. The van der Waals surface area contributed by atoms with Crippen molar-refractivity contribution in [3.8, 4) is 0 Å². The molecule has 0 radical (unpaired) electrons. The Bertz CT molecular complexity index is 955. The predicted molar refractivity (Wildman–Crippen MR) is 98.0 cm³/mol. The number of ether oxygens (including phenoxy) is 1. The number of fused-ring (bicyclic) bond motifs is 1. The first kappa shape index (κ1) is 16.8. The van der Waals surface area contributed by atoms with Crippen LogP contribution >= 0.6 is 11.3 Å². The van der Waals surface area contributed by atoms with E-state index in [9.17, 15) is 8.78 Å². The van der Waals surface area contributed by atoms with Crippen molar-refractivity contribution in [1.29, 1.82) is 0 Å². The van der Waals surface area contributed by atoms with Crippen molar-refractivity contribution in [1.82, 2.24) is 9.97 Å². The van der Waals surface area contributed by atoms with Crippen LogP contribution in [-0.2, 0) is 4.74 Å². The second kappa shape index (κ2) is 7.30. The molecule has 1 fully saturated rings. The van der Waals surface area contributed by atoms with Gasteiger partial charge < -0.3 is 9.64 Å². The molecule has 6 nitrogen and oxygen atoms in total. The molecular weight excluding hydrogens is 360 g/mol. The Morgan fingerprint density at radius 1 is 1.15 bits per heavy atom. The second-order valence-corrected chi connectivity index (χ2v) is 6.56. The molecule has 1 N–H and O–H groups in total. The molecule has 1 saturated heterocycles. The number of aromatic nitrogens is 2. The van der Waals surface area contributed by atoms with Crippen LogP contribution in [0, 0.1) is 11.6 Å². The Balaban J connectivity index is 1.58. The van der Waals surface area contributed by atoms with E-state index in [1.54, 1.807) is 11.3 Å². The van der Waals surface area contributed by atoms with Crippen molar-refractivity contribution in [2.24, 2.45) is 5.10 Å². The lowest BCUT2D eigenvalue weighted by Crippen LogP contribution is -2.36. The van der Waals surface area contributed by atoms with Crippen molar-refractivity contribution in [2.75, 3.05) is 36.6 Å². The highest BCUT2D eigenvalue weighted by atomic mass is 32.1. The fraction of sp³-hybridized carbons (Fsp3) is 0.235. The third-order valence-corrected chi connectivity index (χ3v) is 4.82. The predicted octanol–water partition coefficient (Wildman–Crippen LogP) is 3.25. The van der Waals surface area contributed by atoms with E-state index in [-0.39, 0.29) is 0 Å². The molecule has 26 heavy (non-hydrogen) atoms. The maximum absolute atomic E-state index is 13.2. The SMILES string of the molecule is Fc1ccc(/C=N/Nc2nc(N3CCOCC3)c3sccc3n2)cc1F. The molecule has 3 aromatic rings. The van der Waals surface area contributed by atoms with E-state index in [2.05, 4.69) is 25.4 Å². The van der Waals surface area contributed by atoms with Crippen LogP contribution in [0.2, 0.25) is 0 Å². The number of hydrogen-bond donors (Lipinski definition) is 1. The average Bonchev–Trinajstić information content (AvgIpc) is 3.13. The van der Waals surface area contributed by atoms with Crippen LogP contribution in [-0.4, -0.2) is 42.5 Å². The quantitative estimate of drug-likeness (QED) is 0.560. The van der Waals surface area contributed by atoms with Gasteiger partial charge >= 0.3 is 0 Å². The topological polar surface area (TPSA) is 62.6 Å². The van der Waals surface area contributed by atoms with Crippen molar-refractivity contribution in [3.63, 3.8) is 0 Å². The summed E-state index contributed by atoms with van der Waals surface area (Å²) in [6.45, 7) is 2.85. The minimum Gasteiger partial charge on any atom is -0.378 e. The Labute approximate surface area is 152 Å². The molecule has 134 valence electrons. The van der Waals surface area contributed by atoms with E-state index in [1.807, 2.05) is 11.4 Å². The molecule has 4 rings (SSSR count). The molecule has 9 heteroatoms. The van der Waals surface area contributed by atoms with E-state index in [0.717, 1.165) is 41.3 Å². The number of hydrazone groups is 1. The normalized spacial score (nSPS) is 15.1. The Morgan fingerprint density at radius 3 is 2.81 bits per heavy atom. The van der Waals surface area contributed by atoms with E-state index in [4.69, 9.17) is 4.74 Å². The summed E-state index contributed by atoms with van der Waals surface area (Å²) in [5, 5.41) is 6.00. The smallest absolute Gasteiger partial charge is 0.246 e. The van der Waals surface area contributed by atoms with Crippen LogP contribution in [0.4, 0.5) is 20.5 Å². The largest absolute Gasteiger partial charge is 0.378 e. The zero-order valence-corrected chi connectivity index (χ0v) is 14.5. The highest BCUT2D eigenvalue weighted by molar-refractivity contribution is 7.17. The van der Waals surface area contributed by atoms with Gasteiger partial charge in [0.15, 0.2) is 17.5 Å². The van der Waals surface area contributed by atoms with Crippen molar-refractivity contribution >= 4 is 39.5 Å². The van der Waals surface area contributed by atoms with Gasteiger partial charge in [-0.2, -0.15) is 10.1 Å². The molecule has 0 saturated carbocycles. The summed E-state index contributed by atoms with van der Waals surface area (Å²) >= 11 is 1.59. The lowest BCUT2D eigenvalue weighted by Gasteiger charge is -2.28. The van der Waals surface area contributed by atoms with Gasteiger partial charge in [0.05, 0.1) is 29.6 Å². The highest BCUT2D eigenvalue weighted by Gasteiger charge is 2.18. The minimum atomic E-state index is -0.917. The van der Waals surface area contributed by atoms with Crippen LogP contribution in [0.25, 0.3) is 10.2 Å². The van der Waals surface area contributed by atoms with Gasteiger partial charge in [-0.1, -0.05) is 6.07 Å². The van der Waals surface area contributed by atoms with Gasteiger partial charge in [-0.05, 0) is 29.1 Å². The molecule has 0 bridgehead atoms. The molecule has 0 unspecified atom stereocenters. The lowest BCUT2D eigenvalue weighted by atomic mass is 10.2. The number of benzene rings is 1. The third-order valence-electron chi connectivity index (χ3n) is 3.92. The minimum absolute atomic E-state index is 0.344. The van der Waals surface area contributed by atoms with Gasteiger partial charge in [-0.3, -0.25) is 0 Å². The molecule has 0 spiro atoms. The molecule has 0 aliphatic carbocycles. The van der Waals surface area contributed by atoms with Gasteiger partial charge in [0, 0.05) is 13.1 Å². The standard InChI is InChI=1S/C17H15F2N5OS/c18-12-2-1-11(9-13(12)19)10-20-23-17-21-14-3-8-26-15(14)16(22-17)24-4-6-25-7-5-24/h1-3,8-10H,4-7H2,(H,21,22,23)/b20-10+. The summed E-state index contributed by atoms with van der Waals surface area (Å²) in [7, 11) is 0. The number of hydrogen-bond acceptors (Lipinski definition) is 7. The van der Waals surface area contributed by atoms with Crippen LogP contribution < -0.4 is 10.3 Å². The summed E-state index contributed by atoms with van der Waals surface area (Å²) in [6, 6.07) is 5.49. The number of thiophene rings is 1. The molecule has 1 aliphatic rings. The number of nitrogens with zero attached hydrogens (tertiary/aromatic N) is 4. The molecule has 3 heterocycles. The van der Waals surface area contributed by atoms with E-state index in [1.165, 1.54) is 12.3 Å².